The molecule has 0 saturated heterocycles. The number of halogens is 2. The Morgan fingerprint density at radius 3 is 2.08 bits per heavy atom. The van der Waals surface area contributed by atoms with Crippen molar-refractivity contribution in [1.82, 2.24) is 0 Å². The smallest absolute Gasteiger partial charge is 0.148 e. The number of hydrogen-bond acceptors (Lipinski definition) is 6. The van der Waals surface area contributed by atoms with Gasteiger partial charge in [0.15, 0.2) is 0 Å². The monoisotopic (exact) mass is 498 g/mol. The topological polar surface area (TPSA) is 84.5 Å². The van der Waals surface area contributed by atoms with Gasteiger partial charge in [0.25, 0.3) is 0 Å². The maximum absolute atomic E-state index is 15.0. The Morgan fingerprint density at radius 1 is 0.703 bits per heavy atom. The molecule has 0 aromatic heterocycles. The molecule has 0 aliphatic rings. The van der Waals surface area contributed by atoms with E-state index in [0.717, 1.165) is 0 Å². The second kappa shape index (κ2) is 11.6. The lowest BCUT2D eigenvalue weighted by Gasteiger charge is -2.12. The van der Waals surface area contributed by atoms with Crippen molar-refractivity contribution < 1.29 is 27.7 Å². The summed E-state index contributed by atoms with van der Waals surface area (Å²) in [5, 5.41) is 18.6. The van der Waals surface area contributed by atoms with Gasteiger partial charge in [0.2, 0.25) is 0 Å². The molecule has 0 N–H and O–H groups in total. The summed E-state index contributed by atoms with van der Waals surface area (Å²) >= 11 is 0. The highest BCUT2D eigenvalue weighted by Gasteiger charge is 2.16. The van der Waals surface area contributed by atoms with Gasteiger partial charge in [0.05, 0.1) is 13.7 Å². The molecular formula is C29H20F2N2O4. The van der Waals surface area contributed by atoms with Gasteiger partial charge in [-0.25, -0.2) is 8.78 Å². The standard InChI is InChI=1S/C29H20F2N2O4/c1-34-22-4-2-5-23(16-22)37-28-13-8-19(29(31)25(28)18-33)14-15-35-20-9-11-21(12-10-20)36-27-7-3-6-26(30)24(27)17-32/h2-13,16H,14-15H2,1H3. The van der Waals surface area contributed by atoms with E-state index in [4.69, 9.17) is 24.2 Å². The largest absolute Gasteiger partial charge is 0.497 e. The summed E-state index contributed by atoms with van der Waals surface area (Å²) in [7, 11) is 1.52. The highest BCUT2D eigenvalue weighted by Crippen LogP contribution is 2.31. The summed E-state index contributed by atoms with van der Waals surface area (Å²) in [6.45, 7) is 0.153. The highest BCUT2D eigenvalue weighted by atomic mass is 19.1. The van der Waals surface area contributed by atoms with Crippen LogP contribution in [0.5, 0.6) is 34.5 Å². The Labute approximate surface area is 212 Å². The van der Waals surface area contributed by atoms with Gasteiger partial charge in [0.1, 0.15) is 69.4 Å². The molecule has 0 amide bonds. The van der Waals surface area contributed by atoms with E-state index in [0.29, 0.717) is 28.6 Å². The maximum Gasteiger partial charge on any atom is 0.148 e. The zero-order chi connectivity index (χ0) is 26.2. The molecule has 0 aliphatic carbocycles. The SMILES string of the molecule is COc1cccc(Oc2ccc(CCOc3ccc(Oc4cccc(F)c4C#N)cc3)c(F)c2C#N)c1. The average molecular weight is 498 g/mol. The summed E-state index contributed by atoms with van der Waals surface area (Å²) in [5.41, 5.74) is -0.0675. The Morgan fingerprint density at radius 2 is 1.35 bits per heavy atom. The summed E-state index contributed by atoms with van der Waals surface area (Å²) < 4.78 is 50.9. The number of benzene rings is 4. The van der Waals surface area contributed by atoms with E-state index in [9.17, 15) is 9.65 Å². The molecule has 4 aromatic rings. The predicted octanol–water partition coefficient (Wildman–Crippen LogP) is 6.92. The first kappa shape index (κ1) is 25.0. The lowest BCUT2D eigenvalue weighted by Crippen LogP contribution is -2.05. The third-order valence-electron chi connectivity index (χ3n) is 5.34. The third-order valence-corrected chi connectivity index (χ3v) is 5.34. The van der Waals surface area contributed by atoms with Crippen molar-refractivity contribution in [2.24, 2.45) is 0 Å². The number of nitriles is 2. The fourth-order valence-electron chi connectivity index (χ4n) is 3.48. The predicted molar refractivity (Wildman–Crippen MR) is 131 cm³/mol. The van der Waals surface area contributed by atoms with Crippen molar-refractivity contribution in [2.45, 2.75) is 6.42 Å². The molecule has 0 atom stereocenters. The molecule has 0 saturated carbocycles. The van der Waals surface area contributed by atoms with Crippen LogP contribution in [-0.2, 0) is 6.42 Å². The summed E-state index contributed by atoms with van der Waals surface area (Å²) in [5.74, 6) is 0.776. The van der Waals surface area contributed by atoms with E-state index < -0.39 is 11.6 Å². The van der Waals surface area contributed by atoms with Crippen molar-refractivity contribution >= 4 is 0 Å². The second-order valence-electron chi connectivity index (χ2n) is 7.70. The fraction of sp³-hybridized carbons (Fsp3) is 0.103. The lowest BCUT2D eigenvalue weighted by molar-refractivity contribution is 0.319. The Kier molecular flexibility index (Phi) is 7.82. The van der Waals surface area contributed by atoms with Crippen LogP contribution in [0.15, 0.2) is 78.9 Å². The van der Waals surface area contributed by atoms with Crippen molar-refractivity contribution in [3.05, 3.63) is 107 Å². The van der Waals surface area contributed by atoms with Gasteiger partial charge in [-0.2, -0.15) is 10.5 Å². The van der Waals surface area contributed by atoms with Crippen LogP contribution < -0.4 is 18.9 Å². The summed E-state index contributed by atoms with van der Waals surface area (Å²) in [4.78, 5) is 0. The van der Waals surface area contributed by atoms with E-state index in [-0.39, 0.29) is 35.7 Å². The molecule has 4 rings (SSSR count). The van der Waals surface area contributed by atoms with Crippen LogP contribution >= 0.6 is 0 Å². The van der Waals surface area contributed by atoms with Gasteiger partial charge in [-0.1, -0.05) is 18.2 Å². The highest BCUT2D eigenvalue weighted by molar-refractivity contribution is 5.50. The minimum absolute atomic E-state index is 0.103. The average Bonchev–Trinajstić information content (AvgIpc) is 2.91. The van der Waals surface area contributed by atoms with Gasteiger partial charge in [0, 0.05) is 12.5 Å². The van der Waals surface area contributed by atoms with Crippen LogP contribution in [0.2, 0.25) is 0 Å². The van der Waals surface area contributed by atoms with Crippen molar-refractivity contribution in [3.63, 3.8) is 0 Å². The molecule has 37 heavy (non-hydrogen) atoms. The third kappa shape index (κ3) is 5.95. The zero-order valence-corrected chi connectivity index (χ0v) is 19.7. The van der Waals surface area contributed by atoms with Gasteiger partial charge in [-0.3, -0.25) is 0 Å². The molecule has 0 unspecified atom stereocenters. The maximum atomic E-state index is 15.0. The molecular weight excluding hydrogens is 478 g/mol. The Bertz CT molecular complexity index is 1490. The molecule has 6 nitrogen and oxygen atoms in total. The molecule has 0 radical (unpaired) electrons. The van der Waals surface area contributed by atoms with Crippen LogP contribution in [0, 0.1) is 34.3 Å². The van der Waals surface area contributed by atoms with Crippen LogP contribution in [0.25, 0.3) is 0 Å². The van der Waals surface area contributed by atoms with E-state index in [1.807, 2.05) is 6.07 Å². The molecule has 4 aromatic carbocycles. The fourth-order valence-corrected chi connectivity index (χ4v) is 3.48. The van der Waals surface area contributed by atoms with E-state index in [2.05, 4.69) is 0 Å². The second-order valence-corrected chi connectivity index (χ2v) is 7.70. The molecule has 0 fully saturated rings. The minimum Gasteiger partial charge on any atom is -0.497 e. The molecule has 0 aliphatic heterocycles. The zero-order valence-electron chi connectivity index (χ0n) is 19.7. The van der Waals surface area contributed by atoms with Gasteiger partial charge >= 0.3 is 0 Å². The number of nitrogens with zero attached hydrogens (tertiary/aromatic N) is 2. The normalized spacial score (nSPS) is 10.2. The first-order valence-electron chi connectivity index (χ1n) is 11.1. The van der Waals surface area contributed by atoms with Crippen molar-refractivity contribution in [3.8, 4) is 46.6 Å². The van der Waals surface area contributed by atoms with Gasteiger partial charge in [-0.05, 0) is 60.2 Å². The first-order chi connectivity index (χ1) is 18.0. The van der Waals surface area contributed by atoms with Crippen LogP contribution in [-0.4, -0.2) is 13.7 Å². The number of methoxy groups -OCH3 is 1. The summed E-state index contributed by atoms with van der Waals surface area (Å²) in [6, 6.07) is 24.2. The first-order valence-corrected chi connectivity index (χ1v) is 11.1. The molecule has 0 bridgehead atoms. The number of ether oxygens (including phenoxy) is 4. The van der Waals surface area contributed by atoms with Gasteiger partial charge < -0.3 is 18.9 Å². The van der Waals surface area contributed by atoms with E-state index in [1.165, 1.54) is 25.3 Å². The molecule has 0 spiro atoms. The Hall–Kier alpha value is -5.08. The minimum atomic E-state index is -0.668. The number of rotatable bonds is 9. The molecule has 184 valence electrons. The van der Waals surface area contributed by atoms with Crippen LogP contribution in [0.4, 0.5) is 8.78 Å². The number of hydrogen-bond donors (Lipinski definition) is 0. The lowest BCUT2D eigenvalue weighted by atomic mass is 10.1. The molecule has 0 heterocycles. The Balaban J connectivity index is 1.38. The van der Waals surface area contributed by atoms with Gasteiger partial charge in [-0.15, -0.1) is 0 Å². The van der Waals surface area contributed by atoms with E-state index >= 15 is 4.39 Å². The summed E-state index contributed by atoms with van der Waals surface area (Å²) in [6.07, 6.45) is 0.215. The van der Waals surface area contributed by atoms with Crippen molar-refractivity contribution in [1.29, 1.82) is 10.5 Å². The molecule has 8 heteroatoms. The van der Waals surface area contributed by atoms with Crippen LogP contribution in [0.3, 0.4) is 0 Å². The van der Waals surface area contributed by atoms with Crippen LogP contribution in [0.1, 0.15) is 16.7 Å². The van der Waals surface area contributed by atoms with E-state index in [1.54, 1.807) is 66.7 Å². The van der Waals surface area contributed by atoms with Crippen molar-refractivity contribution in [2.75, 3.05) is 13.7 Å². The quantitative estimate of drug-likeness (QED) is 0.249.